The maximum atomic E-state index is 12.3. The Labute approximate surface area is 129 Å². The molecule has 2 aromatic rings. The summed E-state index contributed by atoms with van der Waals surface area (Å²) in [6, 6.07) is 7.18. The Bertz CT molecular complexity index is 612. The van der Waals surface area contributed by atoms with Gasteiger partial charge in [-0.05, 0) is 37.1 Å². The van der Waals surface area contributed by atoms with Crippen LogP contribution in [0.25, 0.3) is 0 Å². The van der Waals surface area contributed by atoms with Crippen LogP contribution in [0.2, 0.25) is 5.02 Å². The van der Waals surface area contributed by atoms with Crippen LogP contribution in [0.1, 0.15) is 48.8 Å². The molecule has 5 heteroatoms. The molecule has 1 heterocycles. The predicted octanol–water partition coefficient (Wildman–Crippen LogP) is 3.91. The average Bonchev–Trinajstić information content (AvgIpc) is 2.87. The van der Waals surface area contributed by atoms with Crippen molar-refractivity contribution in [2.75, 3.05) is 5.73 Å². The van der Waals surface area contributed by atoms with E-state index in [-0.39, 0.29) is 12.2 Å². The Morgan fingerprint density at radius 1 is 1.33 bits per heavy atom. The van der Waals surface area contributed by atoms with Crippen LogP contribution >= 0.6 is 11.6 Å². The maximum absolute atomic E-state index is 12.3. The van der Waals surface area contributed by atoms with Crippen molar-refractivity contribution in [3.8, 4) is 0 Å². The number of halogens is 1. The quantitative estimate of drug-likeness (QED) is 0.650. The standard InChI is InChI=1S/C16H20ClN3O/c1-3-15(4-2)20-6-5-14(19-20)10-16(21)11-7-12(17)9-13(18)8-11/h5-9,15H,3-4,10,18H2,1-2H3. The molecule has 0 atom stereocenters. The van der Waals surface area contributed by atoms with E-state index in [0.717, 1.165) is 18.5 Å². The number of hydrogen-bond donors (Lipinski definition) is 1. The fraction of sp³-hybridized carbons (Fsp3) is 0.375. The van der Waals surface area contributed by atoms with Crippen LogP contribution in [-0.4, -0.2) is 15.6 Å². The van der Waals surface area contributed by atoms with Crippen LogP contribution < -0.4 is 5.73 Å². The molecule has 0 aliphatic heterocycles. The summed E-state index contributed by atoms with van der Waals surface area (Å²) >= 11 is 5.93. The molecule has 1 aromatic heterocycles. The van der Waals surface area contributed by atoms with Crippen molar-refractivity contribution < 1.29 is 4.79 Å². The van der Waals surface area contributed by atoms with Crippen LogP contribution in [-0.2, 0) is 6.42 Å². The number of aromatic nitrogens is 2. The zero-order valence-electron chi connectivity index (χ0n) is 12.3. The summed E-state index contributed by atoms with van der Waals surface area (Å²) in [5.41, 5.74) is 7.50. The van der Waals surface area contributed by atoms with E-state index >= 15 is 0 Å². The molecule has 4 nitrogen and oxygen atoms in total. The van der Waals surface area contributed by atoms with E-state index in [1.807, 2.05) is 16.9 Å². The van der Waals surface area contributed by atoms with Gasteiger partial charge in [-0.25, -0.2) is 0 Å². The van der Waals surface area contributed by atoms with Gasteiger partial charge in [0.15, 0.2) is 5.78 Å². The first kappa shape index (κ1) is 15.6. The van der Waals surface area contributed by atoms with Crippen molar-refractivity contribution in [2.45, 2.75) is 39.2 Å². The van der Waals surface area contributed by atoms with Crippen molar-refractivity contribution in [2.24, 2.45) is 0 Å². The van der Waals surface area contributed by atoms with Gasteiger partial charge in [-0.3, -0.25) is 9.48 Å². The molecule has 0 radical (unpaired) electrons. The van der Waals surface area contributed by atoms with Gasteiger partial charge in [0.1, 0.15) is 0 Å². The highest BCUT2D eigenvalue weighted by molar-refractivity contribution is 6.31. The molecule has 0 amide bonds. The second-order valence-corrected chi connectivity index (χ2v) is 5.57. The smallest absolute Gasteiger partial charge is 0.169 e. The summed E-state index contributed by atoms with van der Waals surface area (Å²) in [5.74, 6) is -0.0287. The molecule has 0 aliphatic rings. The minimum atomic E-state index is -0.0287. The number of benzene rings is 1. The lowest BCUT2D eigenvalue weighted by molar-refractivity contribution is 0.0991. The lowest BCUT2D eigenvalue weighted by atomic mass is 10.1. The van der Waals surface area contributed by atoms with E-state index in [2.05, 4.69) is 18.9 Å². The number of nitrogens with two attached hydrogens (primary N) is 1. The largest absolute Gasteiger partial charge is 0.399 e. The van der Waals surface area contributed by atoms with Gasteiger partial charge in [-0.1, -0.05) is 25.4 Å². The number of Topliss-reactive ketones (excluding diaryl/α,β-unsaturated/α-hetero) is 1. The zero-order chi connectivity index (χ0) is 15.4. The molecular weight excluding hydrogens is 286 g/mol. The van der Waals surface area contributed by atoms with Crippen LogP contribution in [0.4, 0.5) is 5.69 Å². The normalized spacial score (nSPS) is 11.0. The average molecular weight is 306 g/mol. The number of nitrogen functional groups attached to an aromatic ring is 1. The first-order chi connectivity index (χ1) is 10.0. The van der Waals surface area contributed by atoms with Gasteiger partial charge >= 0.3 is 0 Å². The summed E-state index contributed by atoms with van der Waals surface area (Å²) in [6.07, 6.45) is 4.24. The van der Waals surface area contributed by atoms with Gasteiger partial charge in [0, 0.05) is 22.5 Å². The molecule has 0 saturated carbocycles. The molecule has 0 fully saturated rings. The molecule has 0 bridgehead atoms. The van der Waals surface area contributed by atoms with E-state index in [0.29, 0.717) is 22.3 Å². The van der Waals surface area contributed by atoms with Gasteiger partial charge in [-0.2, -0.15) is 5.10 Å². The molecule has 0 unspecified atom stereocenters. The highest BCUT2D eigenvalue weighted by Crippen LogP contribution is 2.19. The topological polar surface area (TPSA) is 60.9 Å². The number of ketones is 1. The molecule has 2 N–H and O–H groups in total. The third kappa shape index (κ3) is 3.85. The second-order valence-electron chi connectivity index (χ2n) is 5.13. The fourth-order valence-corrected chi connectivity index (χ4v) is 2.62. The minimum absolute atomic E-state index is 0.0287. The number of anilines is 1. The monoisotopic (exact) mass is 305 g/mol. The first-order valence-electron chi connectivity index (χ1n) is 7.16. The molecule has 0 aliphatic carbocycles. The highest BCUT2D eigenvalue weighted by atomic mass is 35.5. The van der Waals surface area contributed by atoms with E-state index in [9.17, 15) is 4.79 Å². The van der Waals surface area contributed by atoms with Crippen molar-refractivity contribution in [1.82, 2.24) is 9.78 Å². The van der Waals surface area contributed by atoms with Gasteiger partial charge < -0.3 is 5.73 Å². The highest BCUT2D eigenvalue weighted by Gasteiger charge is 2.13. The zero-order valence-corrected chi connectivity index (χ0v) is 13.1. The fourth-order valence-electron chi connectivity index (χ4n) is 2.38. The van der Waals surface area contributed by atoms with Gasteiger partial charge in [-0.15, -0.1) is 0 Å². The number of nitrogens with zero attached hydrogens (tertiary/aromatic N) is 2. The predicted molar refractivity (Wildman–Crippen MR) is 85.7 cm³/mol. The van der Waals surface area contributed by atoms with Gasteiger partial charge in [0.25, 0.3) is 0 Å². The molecular formula is C16H20ClN3O. The lowest BCUT2D eigenvalue weighted by Crippen LogP contribution is -2.09. The Hall–Kier alpha value is -1.81. The summed E-state index contributed by atoms with van der Waals surface area (Å²) in [6.45, 7) is 4.27. The summed E-state index contributed by atoms with van der Waals surface area (Å²) < 4.78 is 1.94. The summed E-state index contributed by atoms with van der Waals surface area (Å²) in [7, 11) is 0. The first-order valence-corrected chi connectivity index (χ1v) is 7.54. The molecule has 112 valence electrons. The Morgan fingerprint density at radius 2 is 2.05 bits per heavy atom. The van der Waals surface area contributed by atoms with Crippen molar-refractivity contribution in [3.05, 3.63) is 46.7 Å². The van der Waals surface area contributed by atoms with Crippen LogP contribution in [0.5, 0.6) is 0 Å². The maximum Gasteiger partial charge on any atom is 0.169 e. The van der Waals surface area contributed by atoms with Crippen LogP contribution in [0.3, 0.4) is 0 Å². The Kier molecular flexibility index (Phi) is 5.02. The van der Waals surface area contributed by atoms with Gasteiger partial charge in [0.2, 0.25) is 0 Å². The van der Waals surface area contributed by atoms with E-state index < -0.39 is 0 Å². The Balaban J connectivity index is 2.12. The third-order valence-corrected chi connectivity index (χ3v) is 3.78. The SMILES string of the molecule is CCC(CC)n1ccc(CC(=O)c2cc(N)cc(Cl)c2)n1. The number of rotatable bonds is 6. The Morgan fingerprint density at radius 3 is 2.67 bits per heavy atom. The van der Waals surface area contributed by atoms with Crippen molar-refractivity contribution >= 4 is 23.1 Å². The molecule has 0 spiro atoms. The van der Waals surface area contributed by atoms with Crippen LogP contribution in [0.15, 0.2) is 30.5 Å². The minimum Gasteiger partial charge on any atom is -0.399 e. The van der Waals surface area contributed by atoms with Gasteiger partial charge in [0.05, 0.1) is 18.2 Å². The molecule has 2 rings (SSSR count). The van der Waals surface area contributed by atoms with Crippen molar-refractivity contribution in [1.29, 1.82) is 0 Å². The van der Waals surface area contributed by atoms with E-state index in [1.165, 1.54) is 0 Å². The van der Waals surface area contributed by atoms with Crippen LogP contribution in [0, 0.1) is 0 Å². The summed E-state index contributed by atoms with van der Waals surface area (Å²) in [4.78, 5) is 12.3. The molecule has 1 aromatic carbocycles. The van der Waals surface area contributed by atoms with E-state index in [1.54, 1.807) is 18.2 Å². The molecule has 21 heavy (non-hydrogen) atoms. The number of carbonyl (C=O) groups excluding carboxylic acids is 1. The number of carbonyl (C=O) groups is 1. The van der Waals surface area contributed by atoms with Crippen molar-refractivity contribution in [3.63, 3.8) is 0 Å². The molecule has 0 saturated heterocycles. The lowest BCUT2D eigenvalue weighted by Gasteiger charge is -2.12. The van der Waals surface area contributed by atoms with E-state index in [4.69, 9.17) is 17.3 Å². The summed E-state index contributed by atoms with van der Waals surface area (Å²) in [5, 5.41) is 4.97. The number of hydrogen-bond acceptors (Lipinski definition) is 3. The third-order valence-electron chi connectivity index (χ3n) is 3.56. The second kappa shape index (κ2) is 6.76.